The second kappa shape index (κ2) is 7.05. The molecule has 0 aromatic heterocycles. The Morgan fingerprint density at radius 1 is 1.27 bits per heavy atom. The molecular formula is C9H18N2O4. The van der Waals surface area contributed by atoms with Gasteiger partial charge in [-0.2, -0.15) is 0 Å². The van der Waals surface area contributed by atoms with Crippen molar-refractivity contribution in [3.63, 3.8) is 0 Å². The highest BCUT2D eigenvalue weighted by atomic mass is 16.4. The van der Waals surface area contributed by atoms with Crippen LogP contribution in [0.1, 0.15) is 13.3 Å². The van der Waals surface area contributed by atoms with Crippen LogP contribution in [0, 0.1) is 0 Å². The number of carboxylic acids is 1. The normalized spacial score (nSPS) is 9.80. The molecule has 15 heavy (non-hydrogen) atoms. The van der Waals surface area contributed by atoms with Gasteiger partial charge < -0.3 is 20.0 Å². The second-order valence-electron chi connectivity index (χ2n) is 3.24. The van der Waals surface area contributed by atoms with Crippen LogP contribution in [-0.2, 0) is 4.79 Å². The van der Waals surface area contributed by atoms with E-state index in [4.69, 9.17) is 10.2 Å². The van der Waals surface area contributed by atoms with Gasteiger partial charge >= 0.3 is 12.0 Å². The molecule has 0 atom stereocenters. The minimum Gasteiger partial charge on any atom is -0.480 e. The van der Waals surface area contributed by atoms with E-state index >= 15 is 0 Å². The number of carbonyl (C=O) groups is 2. The lowest BCUT2D eigenvalue weighted by Crippen LogP contribution is -2.44. The summed E-state index contributed by atoms with van der Waals surface area (Å²) in [6.45, 7) is 2.21. The highest BCUT2D eigenvalue weighted by Crippen LogP contribution is 1.98. The second-order valence-corrected chi connectivity index (χ2v) is 3.24. The quantitative estimate of drug-likeness (QED) is 0.648. The zero-order valence-electron chi connectivity index (χ0n) is 9.14. The Morgan fingerprint density at radius 3 is 2.27 bits per heavy atom. The van der Waals surface area contributed by atoms with Crippen molar-refractivity contribution in [3.8, 4) is 0 Å². The number of carbonyl (C=O) groups excluding carboxylic acids is 1. The molecule has 0 saturated heterocycles. The molecule has 0 spiro atoms. The van der Waals surface area contributed by atoms with Gasteiger partial charge in [-0.05, 0) is 6.42 Å². The summed E-state index contributed by atoms with van der Waals surface area (Å²) in [7, 11) is 1.43. The topological polar surface area (TPSA) is 81.1 Å². The molecule has 2 amide bonds. The molecule has 0 radical (unpaired) electrons. The van der Waals surface area contributed by atoms with Crippen molar-refractivity contribution in [2.45, 2.75) is 13.3 Å². The molecule has 2 N–H and O–H groups in total. The first kappa shape index (κ1) is 13.7. The van der Waals surface area contributed by atoms with Crippen molar-refractivity contribution >= 4 is 12.0 Å². The van der Waals surface area contributed by atoms with E-state index in [-0.39, 0.29) is 25.7 Å². The summed E-state index contributed by atoms with van der Waals surface area (Å²) in [5.41, 5.74) is 0. The fourth-order valence-corrected chi connectivity index (χ4v) is 1.21. The molecule has 0 aliphatic rings. The van der Waals surface area contributed by atoms with E-state index in [1.54, 1.807) is 0 Å². The highest BCUT2D eigenvalue weighted by molar-refractivity contribution is 5.79. The molecule has 0 aliphatic carbocycles. The van der Waals surface area contributed by atoms with Crippen molar-refractivity contribution in [2.24, 2.45) is 0 Å². The fourth-order valence-electron chi connectivity index (χ4n) is 1.21. The Kier molecular flexibility index (Phi) is 6.44. The smallest absolute Gasteiger partial charge is 0.323 e. The summed E-state index contributed by atoms with van der Waals surface area (Å²) in [5.74, 6) is -1.05. The van der Waals surface area contributed by atoms with Gasteiger partial charge in [0.1, 0.15) is 6.54 Å². The third kappa shape index (κ3) is 5.21. The summed E-state index contributed by atoms with van der Waals surface area (Å²) < 4.78 is 0. The van der Waals surface area contributed by atoms with Crippen LogP contribution in [0.3, 0.4) is 0 Å². The van der Waals surface area contributed by atoms with E-state index in [1.807, 2.05) is 6.92 Å². The van der Waals surface area contributed by atoms with Gasteiger partial charge in [0.15, 0.2) is 0 Å². The number of hydrogen-bond acceptors (Lipinski definition) is 3. The van der Waals surface area contributed by atoms with E-state index in [0.717, 1.165) is 11.3 Å². The van der Waals surface area contributed by atoms with Crippen molar-refractivity contribution in [1.82, 2.24) is 9.80 Å². The van der Waals surface area contributed by atoms with Gasteiger partial charge in [-0.15, -0.1) is 0 Å². The maximum Gasteiger partial charge on any atom is 0.323 e. The number of aliphatic hydroxyl groups excluding tert-OH is 1. The third-order valence-corrected chi connectivity index (χ3v) is 1.83. The van der Waals surface area contributed by atoms with E-state index in [2.05, 4.69) is 0 Å². The zero-order chi connectivity index (χ0) is 11.8. The summed E-state index contributed by atoms with van der Waals surface area (Å²) >= 11 is 0. The first-order chi connectivity index (χ1) is 7.02. The average Bonchev–Trinajstić information content (AvgIpc) is 2.15. The van der Waals surface area contributed by atoms with Crippen LogP contribution < -0.4 is 0 Å². The molecule has 6 heteroatoms. The number of hydrogen-bond donors (Lipinski definition) is 2. The Balaban J connectivity index is 4.27. The number of carboxylic acid groups (broad SMARTS) is 1. The summed E-state index contributed by atoms with van der Waals surface area (Å²) in [6, 6.07) is -0.367. The molecule has 0 aromatic rings. The van der Waals surface area contributed by atoms with Crippen LogP contribution in [-0.4, -0.2) is 65.3 Å². The molecule has 0 aromatic carbocycles. The SMILES string of the molecule is CCCN(CCO)C(=O)N(C)CC(=O)O. The lowest BCUT2D eigenvalue weighted by atomic mass is 10.4. The summed E-state index contributed by atoms with van der Waals surface area (Å²) in [6.07, 6.45) is 0.770. The Morgan fingerprint density at radius 2 is 1.87 bits per heavy atom. The molecule has 88 valence electrons. The van der Waals surface area contributed by atoms with E-state index in [0.29, 0.717) is 6.54 Å². The summed E-state index contributed by atoms with van der Waals surface area (Å²) in [4.78, 5) is 24.6. The Hall–Kier alpha value is -1.30. The standard InChI is InChI=1S/C9H18N2O4/c1-3-4-11(5-6-12)9(15)10(2)7-8(13)14/h12H,3-7H2,1-2H3,(H,13,14). The van der Waals surface area contributed by atoms with E-state index in [9.17, 15) is 9.59 Å². The van der Waals surface area contributed by atoms with E-state index < -0.39 is 5.97 Å². The van der Waals surface area contributed by atoms with Crippen molar-refractivity contribution in [3.05, 3.63) is 0 Å². The van der Waals surface area contributed by atoms with Gasteiger partial charge in [-0.3, -0.25) is 4.79 Å². The lowest BCUT2D eigenvalue weighted by Gasteiger charge is -2.26. The molecule has 0 heterocycles. The Bertz CT molecular complexity index is 214. The zero-order valence-corrected chi connectivity index (χ0v) is 9.14. The Labute approximate surface area is 89.1 Å². The fraction of sp³-hybridized carbons (Fsp3) is 0.778. The number of aliphatic hydroxyl groups is 1. The first-order valence-corrected chi connectivity index (χ1v) is 4.85. The predicted octanol–water partition coefficient (Wildman–Crippen LogP) is -0.173. The van der Waals surface area contributed by atoms with Crippen LogP contribution in [0.4, 0.5) is 4.79 Å². The van der Waals surface area contributed by atoms with E-state index in [1.165, 1.54) is 11.9 Å². The molecule has 0 rings (SSSR count). The number of aliphatic carboxylic acids is 1. The number of amides is 2. The highest BCUT2D eigenvalue weighted by Gasteiger charge is 2.18. The first-order valence-electron chi connectivity index (χ1n) is 4.85. The molecule has 6 nitrogen and oxygen atoms in total. The molecule has 0 unspecified atom stereocenters. The third-order valence-electron chi connectivity index (χ3n) is 1.83. The maximum absolute atomic E-state index is 11.6. The molecular weight excluding hydrogens is 200 g/mol. The minimum atomic E-state index is -1.05. The average molecular weight is 218 g/mol. The van der Waals surface area contributed by atoms with Crippen molar-refractivity contribution < 1.29 is 19.8 Å². The van der Waals surface area contributed by atoms with Gasteiger partial charge in [0, 0.05) is 20.1 Å². The van der Waals surface area contributed by atoms with Crippen LogP contribution in [0.25, 0.3) is 0 Å². The van der Waals surface area contributed by atoms with Crippen LogP contribution in [0.5, 0.6) is 0 Å². The van der Waals surface area contributed by atoms with Gasteiger partial charge in [-0.25, -0.2) is 4.79 Å². The lowest BCUT2D eigenvalue weighted by molar-refractivity contribution is -0.137. The largest absolute Gasteiger partial charge is 0.480 e. The number of urea groups is 1. The van der Waals surface area contributed by atoms with Gasteiger partial charge in [0.2, 0.25) is 0 Å². The number of rotatable bonds is 6. The predicted molar refractivity (Wildman–Crippen MR) is 54.6 cm³/mol. The van der Waals surface area contributed by atoms with Crippen LogP contribution in [0.2, 0.25) is 0 Å². The monoisotopic (exact) mass is 218 g/mol. The molecule has 0 bridgehead atoms. The van der Waals surface area contributed by atoms with Crippen molar-refractivity contribution in [1.29, 1.82) is 0 Å². The minimum absolute atomic E-state index is 0.118. The van der Waals surface area contributed by atoms with Crippen molar-refractivity contribution in [2.75, 3.05) is 33.3 Å². The number of nitrogens with zero attached hydrogens (tertiary/aromatic N) is 2. The molecule has 0 aliphatic heterocycles. The van der Waals surface area contributed by atoms with Gasteiger partial charge in [0.05, 0.1) is 6.61 Å². The number of likely N-dealkylation sites (N-methyl/N-ethyl adjacent to an activating group) is 1. The molecule has 0 saturated carbocycles. The van der Waals surface area contributed by atoms with Crippen LogP contribution >= 0.6 is 0 Å². The van der Waals surface area contributed by atoms with Crippen LogP contribution in [0.15, 0.2) is 0 Å². The maximum atomic E-state index is 11.6. The van der Waals surface area contributed by atoms with Gasteiger partial charge in [0.25, 0.3) is 0 Å². The summed E-state index contributed by atoms with van der Waals surface area (Å²) in [5, 5.41) is 17.3. The van der Waals surface area contributed by atoms with Gasteiger partial charge in [-0.1, -0.05) is 6.92 Å². The molecule has 0 fully saturated rings.